The van der Waals surface area contributed by atoms with E-state index in [1.807, 2.05) is 12.1 Å². The monoisotopic (exact) mass is 424 g/mol. The molecule has 1 aliphatic carbocycles. The fraction of sp³-hybridized carbons (Fsp3) is 0.500. The molecule has 1 amide bonds. The van der Waals surface area contributed by atoms with Crippen LogP contribution in [0.4, 0.5) is 0 Å². The Balaban J connectivity index is 1.26. The molecule has 4 rings (SSSR count). The molecule has 1 saturated heterocycles. The number of halogens is 1. The van der Waals surface area contributed by atoms with E-state index in [1.54, 1.807) is 0 Å². The van der Waals surface area contributed by atoms with Gasteiger partial charge < -0.3 is 5.32 Å². The highest BCUT2D eigenvalue weighted by Gasteiger charge is 2.34. The zero-order chi connectivity index (χ0) is 20.9. The Kier molecular flexibility index (Phi) is 7.12. The van der Waals surface area contributed by atoms with Crippen LogP contribution in [0.2, 0.25) is 5.02 Å². The Bertz CT molecular complexity index is 825. The topological polar surface area (TPSA) is 32.3 Å². The van der Waals surface area contributed by atoms with Crippen molar-refractivity contribution in [3.8, 4) is 0 Å². The molecule has 0 bridgehead atoms. The number of hydrogen-bond acceptors (Lipinski definition) is 2. The first kappa shape index (κ1) is 21.4. The second kappa shape index (κ2) is 9.98. The third-order valence-corrected chi connectivity index (χ3v) is 7.12. The van der Waals surface area contributed by atoms with Gasteiger partial charge in [-0.15, -0.1) is 0 Å². The maximum absolute atomic E-state index is 12.6. The summed E-state index contributed by atoms with van der Waals surface area (Å²) in [5.41, 5.74) is 3.71. The van der Waals surface area contributed by atoms with E-state index in [4.69, 9.17) is 11.6 Å². The predicted octanol–water partition coefficient (Wildman–Crippen LogP) is 5.18. The van der Waals surface area contributed by atoms with Gasteiger partial charge in [0.15, 0.2) is 0 Å². The van der Waals surface area contributed by atoms with Gasteiger partial charge in [0.25, 0.3) is 0 Å². The van der Waals surface area contributed by atoms with E-state index in [9.17, 15) is 4.79 Å². The summed E-state index contributed by atoms with van der Waals surface area (Å²) in [4.78, 5) is 15.3. The van der Waals surface area contributed by atoms with E-state index in [-0.39, 0.29) is 5.91 Å². The first-order valence-electron chi connectivity index (χ1n) is 11.4. The molecule has 2 fully saturated rings. The van der Waals surface area contributed by atoms with Crippen LogP contribution in [0.15, 0.2) is 48.5 Å². The largest absolute Gasteiger partial charge is 0.352 e. The van der Waals surface area contributed by atoms with Crippen molar-refractivity contribution in [2.75, 3.05) is 13.1 Å². The minimum atomic E-state index is 0.161. The second-order valence-corrected chi connectivity index (χ2v) is 9.58. The SMILES string of the molecule is Cc1ccc(CC(=O)N[C@@H]2CCC[C@H]2N2CCC(Cc3ccc(Cl)cc3)CC2)cc1. The summed E-state index contributed by atoms with van der Waals surface area (Å²) < 4.78 is 0. The zero-order valence-electron chi connectivity index (χ0n) is 17.9. The molecule has 2 atom stereocenters. The highest BCUT2D eigenvalue weighted by Crippen LogP contribution is 2.30. The number of benzene rings is 2. The minimum Gasteiger partial charge on any atom is -0.352 e. The number of amides is 1. The lowest BCUT2D eigenvalue weighted by Crippen LogP contribution is -2.51. The minimum absolute atomic E-state index is 0.161. The standard InChI is InChI=1S/C26H33ClN2O/c1-19-5-7-21(8-6-19)18-26(30)28-24-3-2-4-25(24)29-15-13-22(14-16-29)17-20-9-11-23(27)12-10-20/h5-12,22,24-25H,2-4,13-18H2,1H3,(H,28,30)/t24-,25-/m1/s1. The number of aryl methyl sites for hydroxylation is 1. The molecule has 0 radical (unpaired) electrons. The molecule has 160 valence electrons. The van der Waals surface area contributed by atoms with Crippen molar-refractivity contribution in [1.29, 1.82) is 0 Å². The maximum atomic E-state index is 12.6. The van der Waals surface area contributed by atoms with Gasteiger partial charge in [-0.1, -0.05) is 53.6 Å². The number of rotatable bonds is 6. The number of carbonyl (C=O) groups is 1. The van der Waals surface area contributed by atoms with Crippen molar-refractivity contribution in [2.45, 2.75) is 64.0 Å². The Morgan fingerprint density at radius 3 is 2.33 bits per heavy atom. The van der Waals surface area contributed by atoms with E-state index < -0.39 is 0 Å². The van der Waals surface area contributed by atoms with Crippen LogP contribution < -0.4 is 5.32 Å². The molecule has 2 aromatic rings. The van der Waals surface area contributed by atoms with Crippen LogP contribution in [0.5, 0.6) is 0 Å². The number of carbonyl (C=O) groups excluding carboxylic acids is 1. The molecule has 30 heavy (non-hydrogen) atoms. The Hall–Kier alpha value is -1.84. The van der Waals surface area contributed by atoms with Crippen LogP contribution in [-0.4, -0.2) is 36.0 Å². The van der Waals surface area contributed by atoms with E-state index in [0.717, 1.165) is 42.4 Å². The Morgan fingerprint density at radius 2 is 1.63 bits per heavy atom. The number of piperidine rings is 1. The lowest BCUT2D eigenvalue weighted by Gasteiger charge is -2.38. The molecule has 1 N–H and O–H groups in total. The lowest BCUT2D eigenvalue weighted by molar-refractivity contribution is -0.121. The van der Waals surface area contributed by atoms with Crippen molar-refractivity contribution >= 4 is 17.5 Å². The van der Waals surface area contributed by atoms with Crippen LogP contribution in [0.25, 0.3) is 0 Å². The van der Waals surface area contributed by atoms with Gasteiger partial charge in [0.05, 0.1) is 6.42 Å². The van der Waals surface area contributed by atoms with Gasteiger partial charge in [-0.3, -0.25) is 9.69 Å². The molecule has 1 aliphatic heterocycles. The van der Waals surface area contributed by atoms with Crippen LogP contribution in [0.3, 0.4) is 0 Å². The van der Waals surface area contributed by atoms with Gasteiger partial charge >= 0.3 is 0 Å². The van der Waals surface area contributed by atoms with Gasteiger partial charge in [-0.25, -0.2) is 0 Å². The van der Waals surface area contributed by atoms with Crippen molar-refractivity contribution in [3.05, 3.63) is 70.2 Å². The Labute approximate surface area is 185 Å². The number of nitrogens with zero attached hydrogens (tertiary/aromatic N) is 1. The number of likely N-dealkylation sites (tertiary alicyclic amines) is 1. The van der Waals surface area contributed by atoms with Crippen LogP contribution in [-0.2, 0) is 17.6 Å². The van der Waals surface area contributed by atoms with E-state index in [2.05, 4.69) is 53.5 Å². The quantitative estimate of drug-likeness (QED) is 0.692. The molecule has 0 spiro atoms. The average Bonchev–Trinajstić information content (AvgIpc) is 3.20. The first-order chi connectivity index (χ1) is 14.6. The van der Waals surface area contributed by atoms with E-state index >= 15 is 0 Å². The van der Waals surface area contributed by atoms with Crippen molar-refractivity contribution in [2.24, 2.45) is 5.92 Å². The van der Waals surface area contributed by atoms with Gasteiger partial charge in [0.2, 0.25) is 5.91 Å². The van der Waals surface area contributed by atoms with Gasteiger partial charge in [0.1, 0.15) is 0 Å². The van der Waals surface area contributed by atoms with Crippen LogP contribution in [0, 0.1) is 12.8 Å². The summed E-state index contributed by atoms with van der Waals surface area (Å²) in [6.07, 6.45) is 7.63. The summed E-state index contributed by atoms with van der Waals surface area (Å²) in [5.74, 6) is 0.909. The maximum Gasteiger partial charge on any atom is 0.224 e. The third-order valence-electron chi connectivity index (χ3n) is 6.87. The molecule has 1 saturated carbocycles. The summed E-state index contributed by atoms with van der Waals surface area (Å²) in [7, 11) is 0. The number of hydrogen-bond donors (Lipinski definition) is 1. The van der Waals surface area contributed by atoms with Crippen molar-refractivity contribution < 1.29 is 4.79 Å². The molecule has 1 heterocycles. The molecular weight excluding hydrogens is 392 g/mol. The molecule has 2 aliphatic rings. The van der Waals surface area contributed by atoms with E-state index in [0.29, 0.717) is 18.5 Å². The summed E-state index contributed by atoms with van der Waals surface area (Å²) in [6, 6.07) is 17.4. The average molecular weight is 425 g/mol. The van der Waals surface area contributed by atoms with Crippen molar-refractivity contribution in [1.82, 2.24) is 10.2 Å². The van der Waals surface area contributed by atoms with Gasteiger partial charge in [-0.05, 0) is 87.7 Å². The Morgan fingerprint density at radius 1 is 0.967 bits per heavy atom. The van der Waals surface area contributed by atoms with Gasteiger partial charge in [-0.2, -0.15) is 0 Å². The normalized spacial score (nSPS) is 22.9. The smallest absolute Gasteiger partial charge is 0.224 e. The highest BCUT2D eigenvalue weighted by molar-refractivity contribution is 6.30. The first-order valence-corrected chi connectivity index (χ1v) is 11.8. The third kappa shape index (κ3) is 5.65. The molecule has 0 aromatic heterocycles. The van der Waals surface area contributed by atoms with E-state index in [1.165, 1.54) is 36.8 Å². The highest BCUT2D eigenvalue weighted by atomic mass is 35.5. The summed E-state index contributed by atoms with van der Waals surface area (Å²) in [5, 5.41) is 4.16. The predicted molar refractivity (Wildman–Crippen MR) is 124 cm³/mol. The van der Waals surface area contributed by atoms with Crippen LogP contribution in [0.1, 0.15) is 48.8 Å². The summed E-state index contributed by atoms with van der Waals surface area (Å²) >= 11 is 6.01. The molecule has 2 aromatic carbocycles. The fourth-order valence-electron chi connectivity index (χ4n) is 5.14. The molecule has 4 heteroatoms. The molecular formula is C26H33ClN2O. The summed E-state index contributed by atoms with van der Waals surface area (Å²) in [6.45, 7) is 4.37. The van der Waals surface area contributed by atoms with Crippen LogP contribution >= 0.6 is 11.6 Å². The second-order valence-electron chi connectivity index (χ2n) is 9.14. The molecule has 3 nitrogen and oxygen atoms in total. The zero-order valence-corrected chi connectivity index (χ0v) is 18.7. The molecule has 0 unspecified atom stereocenters. The van der Waals surface area contributed by atoms with Crippen molar-refractivity contribution in [3.63, 3.8) is 0 Å². The van der Waals surface area contributed by atoms with Gasteiger partial charge in [0, 0.05) is 17.1 Å². The fourth-order valence-corrected chi connectivity index (χ4v) is 5.26. The number of nitrogens with one attached hydrogen (secondary N) is 1. The lowest BCUT2D eigenvalue weighted by atomic mass is 9.89.